The number of aromatic nitrogens is 2. The summed E-state index contributed by atoms with van der Waals surface area (Å²) in [5, 5.41) is 0. The highest BCUT2D eigenvalue weighted by atomic mass is 31.2. The Labute approximate surface area is 209 Å². The molecule has 6 heteroatoms. The third kappa shape index (κ3) is 7.24. The van der Waals surface area contributed by atoms with Crippen molar-refractivity contribution in [3.63, 3.8) is 0 Å². The largest absolute Gasteiger partial charge is 0.473 e. The van der Waals surface area contributed by atoms with Crippen LogP contribution < -0.4 is 4.74 Å². The Morgan fingerprint density at radius 1 is 1.03 bits per heavy atom. The van der Waals surface area contributed by atoms with Gasteiger partial charge in [-0.3, -0.25) is 4.98 Å². The fraction of sp³-hybridized carbons (Fsp3) is 0.448. The van der Waals surface area contributed by atoms with Crippen LogP contribution in [-0.4, -0.2) is 29.5 Å². The van der Waals surface area contributed by atoms with E-state index in [2.05, 4.69) is 50.7 Å². The molecule has 0 fully saturated rings. The molecule has 2 atom stereocenters. The number of rotatable bonds is 8. The molecule has 0 aliphatic rings. The zero-order valence-corrected chi connectivity index (χ0v) is 23.1. The monoisotopic (exact) mass is 496 g/mol. The zero-order chi connectivity index (χ0) is 26.0. The first-order valence-electron chi connectivity index (χ1n) is 12.1. The van der Waals surface area contributed by atoms with Crippen molar-refractivity contribution in [3.05, 3.63) is 77.0 Å². The Bertz CT molecular complexity index is 1230. The molecule has 0 bridgehead atoms. The number of nitrogens with zero attached hydrogens (tertiary/aromatic N) is 2. The van der Waals surface area contributed by atoms with Crippen molar-refractivity contribution in [1.82, 2.24) is 9.97 Å². The molecule has 0 saturated carbocycles. The molecule has 2 aromatic heterocycles. The predicted octanol–water partition coefficient (Wildman–Crippen LogP) is 8.05. The Kier molecular flexibility index (Phi) is 8.21. The molecule has 0 radical (unpaired) electrons. The van der Waals surface area contributed by atoms with E-state index in [-0.39, 0.29) is 23.1 Å². The lowest BCUT2D eigenvalue weighted by atomic mass is 9.75. The number of halogens is 1. The fourth-order valence-corrected chi connectivity index (χ4v) is 5.78. The summed E-state index contributed by atoms with van der Waals surface area (Å²) >= 11 is 0. The normalized spacial score (nSPS) is 14.0. The van der Waals surface area contributed by atoms with E-state index < -0.39 is 7.14 Å². The highest BCUT2D eigenvalue weighted by Crippen LogP contribution is 2.42. The maximum absolute atomic E-state index is 14.8. The van der Waals surface area contributed by atoms with Gasteiger partial charge in [-0.05, 0) is 71.9 Å². The first kappa shape index (κ1) is 27.1. The minimum Gasteiger partial charge on any atom is -0.473 e. The van der Waals surface area contributed by atoms with Crippen LogP contribution in [0.1, 0.15) is 68.8 Å². The van der Waals surface area contributed by atoms with Gasteiger partial charge in [0.1, 0.15) is 12.4 Å². The average molecular weight is 497 g/mol. The Morgan fingerprint density at radius 3 is 2.40 bits per heavy atom. The van der Waals surface area contributed by atoms with Gasteiger partial charge in [-0.2, -0.15) is 0 Å². The quantitative estimate of drug-likeness (QED) is 0.296. The van der Waals surface area contributed by atoms with Crippen LogP contribution in [0.3, 0.4) is 0 Å². The molecular weight excluding hydrogens is 458 g/mol. The molecule has 35 heavy (non-hydrogen) atoms. The molecule has 3 rings (SSSR count). The van der Waals surface area contributed by atoms with Gasteiger partial charge in [0.15, 0.2) is 0 Å². The molecule has 0 spiro atoms. The van der Waals surface area contributed by atoms with E-state index in [1.165, 1.54) is 6.20 Å². The van der Waals surface area contributed by atoms with E-state index in [4.69, 9.17) is 4.74 Å². The maximum Gasteiger partial charge on any atom is 0.213 e. The molecule has 1 aromatic carbocycles. The predicted molar refractivity (Wildman–Crippen MR) is 144 cm³/mol. The molecule has 0 aliphatic heterocycles. The Balaban J connectivity index is 1.90. The molecule has 0 N–H and O–H groups in total. The topological polar surface area (TPSA) is 52.1 Å². The zero-order valence-electron chi connectivity index (χ0n) is 22.2. The maximum atomic E-state index is 14.8. The lowest BCUT2D eigenvalue weighted by molar-refractivity contribution is 0.292. The Hall–Kier alpha value is -2.52. The van der Waals surface area contributed by atoms with Crippen molar-refractivity contribution in [2.75, 3.05) is 19.5 Å². The minimum atomic E-state index is -2.12. The molecule has 0 unspecified atom stereocenters. The standard InChI is InChI=1S/C29H38FN2O2P/c1-19(18-35(7,8)33)23-11-12-31-28(15-23)34-17-22-9-10-24(25(14-22)21(3)29(4,5)6)26-13-20(2)32-16-27(26)30/h9-16,19,21H,17-18H2,1-8H3/t19-,21-/m1/s1. The van der Waals surface area contributed by atoms with E-state index in [0.717, 1.165) is 27.9 Å². The van der Waals surface area contributed by atoms with Gasteiger partial charge in [0, 0.05) is 29.7 Å². The van der Waals surface area contributed by atoms with Gasteiger partial charge in [-0.15, -0.1) is 0 Å². The summed E-state index contributed by atoms with van der Waals surface area (Å²) in [5.41, 5.74) is 5.39. The van der Waals surface area contributed by atoms with Crippen LogP contribution in [0.2, 0.25) is 0 Å². The number of aryl methyl sites for hydroxylation is 1. The van der Waals surface area contributed by atoms with Crippen LogP contribution >= 0.6 is 7.14 Å². The van der Waals surface area contributed by atoms with Gasteiger partial charge in [0.05, 0.1) is 13.3 Å². The number of hydrogen-bond acceptors (Lipinski definition) is 4. The molecular formula is C29H38FN2O2P. The lowest BCUT2D eigenvalue weighted by Gasteiger charge is -2.30. The number of pyridine rings is 2. The first-order valence-corrected chi connectivity index (χ1v) is 14.9. The minimum absolute atomic E-state index is 0.00318. The van der Waals surface area contributed by atoms with Gasteiger partial charge >= 0.3 is 0 Å². The van der Waals surface area contributed by atoms with Crippen molar-refractivity contribution in [3.8, 4) is 17.0 Å². The van der Waals surface area contributed by atoms with E-state index in [1.807, 2.05) is 50.6 Å². The number of benzene rings is 1. The smallest absolute Gasteiger partial charge is 0.213 e. The van der Waals surface area contributed by atoms with Gasteiger partial charge in [-0.25, -0.2) is 9.37 Å². The molecule has 188 valence electrons. The fourth-order valence-electron chi connectivity index (χ4n) is 4.25. The van der Waals surface area contributed by atoms with Crippen LogP contribution in [0.15, 0.2) is 48.8 Å². The van der Waals surface area contributed by atoms with E-state index in [9.17, 15) is 8.96 Å². The molecule has 0 saturated heterocycles. The van der Waals surface area contributed by atoms with Crippen LogP contribution in [0.5, 0.6) is 5.88 Å². The van der Waals surface area contributed by atoms with Crippen molar-refractivity contribution in [1.29, 1.82) is 0 Å². The summed E-state index contributed by atoms with van der Waals surface area (Å²) in [6.45, 7) is 16.7. The average Bonchev–Trinajstić information content (AvgIpc) is 2.77. The number of ether oxygens (including phenoxy) is 1. The van der Waals surface area contributed by atoms with Crippen molar-refractivity contribution in [2.24, 2.45) is 5.41 Å². The van der Waals surface area contributed by atoms with Gasteiger partial charge < -0.3 is 9.30 Å². The second kappa shape index (κ2) is 10.6. The molecule has 3 aromatic rings. The summed E-state index contributed by atoms with van der Waals surface area (Å²) in [4.78, 5) is 8.46. The van der Waals surface area contributed by atoms with E-state index in [1.54, 1.807) is 6.20 Å². The van der Waals surface area contributed by atoms with Gasteiger partial charge in [0.25, 0.3) is 0 Å². The van der Waals surface area contributed by atoms with Crippen LogP contribution in [0, 0.1) is 18.2 Å². The third-order valence-corrected chi connectivity index (χ3v) is 8.02. The lowest BCUT2D eigenvalue weighted by Crippen LogP contribution is -2.17. The molecule has 2 heterocycles. The second-order valence-corrected chi connectivity index (χ2v) is 14.7. The molecule has 0 amide bonds. The van der Waals surface area contributed by atoms with Crippen molar-refractivity contribution >= 4 is 7.14 Å². The summed E-state index contributed by atoms with van der Waals surface area (Å²) in [6.07, 6.45) is 3.68. The third-order valence-electron chi connectivity index (χ3n) is 6.59. The van der Waals surface area contributed by atoms with Gasteiger partial charge in [0.2, 0.25) is 5.88 Å². The summed E-state index contributed by atoms with van der Waals surface area (Å²) < 4.78 is 33.1. The van der Waals surface area contributed by atoms with E-state index >= 15 is 0 Å². The highest BCUT2D eigenvalue weighted by Gasteiger charge is 2.26. The van der Waals surface area contributed by atoms with E-state index in [0.29, 0.717) is 24.2 Å². The Morgan fingerprint density at radius 2 is 1.74 bits per heavy atom. The SMILES string of the molecule is Cc1cc(-c2ccc(COc3cc([C@H](C)CP(C)(C)=O)ccn3)cc2[C@@H](C)C(C)(C)C)c(F)cn1. The summed E-state index contributed by atoms with van der Waals surface area (Å²) in [5.74, 6) is 0.576. The first-order chi connectivity index (χ1) is 16.2. The van der Waals surface area contributed by atoms with Crippen LogP contribution in [0.25, 0.3) is 11.1 Å². The van der Waals surface area contributed by atoms with Crippen LogP contribution in [0.4, 0.5) is 4.39 Å². The molecule has 4 nitrogen and oxygen atoms in total. The summed E-state index contributed by atoms with van der Waals surface area (Å²) in [7, 11) is -2.12. The highest BCUT2D eigenvalue weighted by molar-refractivity contribution is 7.62. The van der Waals surface area contributed by atoms with Gasteiger partial charge in [-0.1, -0.05) is 52.8 Å². The summed E-state index contributed by atoms with van der Waals surface area (Å²) in [6, 6.07) is 11.8. The molecule has 0 aliphatic carbocycles. The number of hydrogen-bond donors (Lipinski definition) is 0. The van der Waals surface area contributed by atoms with Crippen LogP contribution in [-0.2, 0) is 11.2 Å². The van der Waals surface area contributed by atoms with Crippen molar-refractivity contribution in [2.45, 2.75) is 60.0 Å². The second-order valence-electron chi connectivity index (χ2n) is 11.2. The van der Waals surface area contributed by atoms with Crippen molar-refractivity contribution < 1.29 is 13.7 Å².